The largest absolute Gasteiger partial charge is 0.534 e. The van der Waals surface area contributed by atoms with Gasteiger partial charge in [0.2, 0.25) is 0 Å². The Morgan fingerprint density at radius 2 is 1.52 bits per heavy atom. The molecule has 11 heteroatoms. The van der Waals surface area contributed by atoms with E-state index in [2.05, 4.69) is 0 Å². The molecule has 2 aromatic carbocycles. The molecule has 1 saturated carbocycles. The highest BCUT2D eigenvalue weighted by Crippen LogP contribution is 2.55. The van der Waals surface area contributed by atoms with E-state index < -0.39 is 39.1 Å². The van der Waals surface area contributed by atoms with Crippen LogP contribution in [0.4, 0.5) is 13.2 Å². The van der Waals surface area contributed by atoms with Gasteiger partial charge < -0.3 is 13.7 Å². The van der Waals surface area contributed by atoms with Crippen molar-refractivity contribution < 1.29 is 44.8 Å². The molecule has 0 N–H and O–H groups in total. The van der Waals surface area contributed by atoms with Crippen LogP contribution in [0.15, 0.2) is 72.5 Å². The maximum atomic E-state index is 13.2. The Hall–Kier alpha value is -3.34. The molecule has 0 saturated heterocycles. The molecule has 1 fully saturated rings. The van der Waals surface area contributed by atoms with Crippen molar-refractivity contribution in [1.29, 1.82) is 0 Å². The SMILES string of the molecule is C[C@@H]1C[C@@]2(C)C(OS(=O)(=O)C(F)(F)F)=CC[C@@H]2[C@@H](COC(=O)c2ccccc2)CC[C@H]1OC(=O)c1ccccc1. The van der Waals surface area contributed by atoms with Crippen LogP contribution in [0.3, 0.4) is 0 Å². The molecule has 216 valence electrons. The standard InChI is InChI=1S/C29H31F3O7S/c1-19-17-28(2)23(14-16-25(28)39-40(35,36)29(30,31)32)22(18-37-26(33)20-9-5-3-6-10-20)13-15-24(19)38-27(34)21-11-7-4-8-12-21/h3-12,16,19,22-24H,13-15,17-18H2,1-2H3/t19-,22-,23-,24-,28-/m1/s1. The van der Waals surface area contributed by atoms with Crippen LogP contribution in [0, 0.1) is 23.2 Å². The number of fused-ring (bicyclic) bond motifs is 1. The van der Waals surface area contributed by atoms with Crippen molar-refractivity contribution in [2.24, 2.45) is 23.2 Å². The molecule has 40 heavy (non-hydrogen) atoms. The van der Waals surface area contributed by atoms with Gasteiger partial charge in [0.1, 0.15) is 11.9 Å². The molecule has 2 aromatic rings. The Kier molecular flexibility index (Phi) is 8.63. The summed E-state index contributed by atoms with van der Waals surface area (Å²) in [4.78, 5) is 25.5. The summed E-state index contributed by atoms with van der Waals surface area (Å²) in [6.45, 7) is 3.43. The van der Waals surface area contributed by atoms with Gasteiger partial charge in [-0.15, -0.1) is 0 Å². The van der Waals surface area contributed by atoms with Crippen molar-refractivity contribution in [2.75, 3.05) is 6.61 Å². The highest BCUT2D eigenvalue weighted by molar-refractivity contribution is 7.87. The molecule has 5 atom stereocenters. The van der Waals surface area contributed by atoms with Crippen molar-refractivity contribution >= 4 is 22.1 Å². The summed E-state index contributed by atoms with van der Waals surface area (Å²) in [5.41, 5.74) is -6.03. The smallest absolute Gasteiger partial charge is 0.462 e. The van der Waals surface area contributed by atoms with Crippen LogP contribution < -0.4 is 0 Å². The minimum Gasteiger partial charge on any atom is -0.462 e. The van der Waals surface area contributed by atoms with E-state index in [-0.39, 0.29) is 43.0 Å². The maximum absolute atomic E-state index is 13.2. The molecule has 0 bridgehead atoms. The lowest BCUT2D eigenvalue weighted by Crippen LogP contribution is -2.42. The Labute approximate surface area is 231 Å². The second-order valence-electron chi connectivity index (χ2n) is 10.6. The van der Waals surface area contributed by atoms with Crippen LogP contribution in [0.2, 0.25) is 0 Å². The monoisotopic (exact) mass is 580 g/mol. The third-order valence-corrected chi connectivity index (χ3v) is 8.86. The van der Waals surface area contributed by atoms with Crippen molar-refractivity contribution in [3.05, 3.63) is 83.6 Å². The number of ether oxygens (including phenoxy) is 2. The first-order valence-electron chi connectivity index (χ1n) is 13.0. The van der Waals surface area contributed by atoms with E-state index in [1.807, 2.05) is 6.92 Å². The molecule has 7 nitrogen and oxygen atoms in total. The lowest BCUT2D eigenvalue weighted by Gasteiger charge is -2.43. The summed E-state index contributed by atoms with van der Waals surface area (Å²) in [7, 11) is -5.90. The lowest BCUT2D eigenvalue weighted by molar-refractivity contribution is -0.0560. The van der Waals surface area contributed by atoms with E-state index in [9.17, 15) is 31.2 Å². The van der Waals surface area contributed by atoms with Gasteiger partial charge in [-0.2, -0.15) is 21.6 Å². The minimum atomic E-state index is -5.90. The van der Waals surface area contributed by atoms with Crippen LogP contribution >= 0.6 is 0 Å². The van der Waals surface area contributed by atoms with Crippen LogP contribution in [-0.2, 0) is 23.8 Å². The fraction of sp³-hybridized carbons (Fsp3) is 0.448. The van der Waals surface area contributed by atoms with Gasteiger partial charge in [-0.3, -0.25) is 0 Å². The van der Waals surface area contributed by atoms with E-state index in [1.165, 1.54) is 6.08 Å². The van der Waals surface area contributed by atoms with Gasteiger partial charge in [0, 0.05) is 5.41 Å². The maximum Gasteiger partial charge on any atom is 0.534 e. The molecule has 0 amide bonds. The molecule has 0 aliphatic heterocycles. The third kappa shape index (κ3) is 6.35. The summed E-state index contributed by atoms with van der Waals surface area (Å²) >= 11 is 0. The van der Waals surface area contributed by atoms with E-state index in [4.69, 9.17) is 13.7 Å². The fourth-order valence-corrected chi connectivity index (χ4v) is 6.42. The Morgan fingerprint density at radius 1 is 0.950 bits per heavy atom. The number of halogens is 3. The number of allylic oxidation sites excluding steroid dienone is 2. The predicted octanol–water partition coefficient (Wildman–Crippen LogP) is 6.28. The van der Waals surface area contributed by atoms with Crippen LogP contribution in [-0.4, -0.2) is 38.6 Å². The van der Waals surface area contributed by atoms with Crippen LogP contribution in [0.1, 0.15) is 60.2 Å². The van der Waals surface area contributed by atoms with E-state index in [0.29, 0.717) is 24.0 Å². The van der Waals surface area contributed by atoms with E-state index >= 15 is 0 Å². The summed E-state index contributed by atoms with van der Waals surface area (Å²) in [5.74, 6) is -2.46. The summed E-state index contributed by atoms with van der Waals surface area (Å²) in [5, 5.41) is 0. The van der Waals surface area contributed by atoms with Gasteiger partial charge in [-0.1, -0.05) is 50.2 Å². The second kappa shape index (κ2) is 11.6. The van der Waals surface area contributed by atoms with Crippen molar-refractivity contribution in [2.45, 2.75) is 51.1 Å². The lowest BCUT2D eigenvalue weighted by atomic mass is 9.64. The number of hydrogen-bond donors (Lipinski definition) is 0. The average molecular weight is 581 g/mol. The third-order valence-electron chi connectivity index (χ3n) is 7.90. The molecule has 0 heterocycles. The molecular weight excluding hydrogens is 549 g/mol. The molecule has 4 rings (SSSR count). The topological polar surface area (TPSA) is 96.0 Å². The van der Waals surface area contributed by atoms with Gasteiger partial charge in [0.25, 0.3) is 0 Å². The van der Waals surface area contributed by atoms with Gasteiger partial charge >= 0.3 is 27.6 Å². The zero-order chi connectivity index (χ0) is 29.1. The van der Waals surface area contributed by atoms with Gasteiger partial charge in [0.05, 0.1) is 17.7 Å². The van der Waals surface area contributed by atoms with Crippen LogP contribution in [0.25, 0.3) is 0 Å². The average Bonchev–Trinajstić information content (AvgIpc) is 3.21. The molecule has 2 aliphatic rings. The van der Waals surface area contributed by atoms with Gasteiger partial charge in [0.15, 0.2) is 0 Å². The Bertz CT molecular complexity index is 1340. The molecule has 2 aliphatic carbocycles. The number of hydrogen-bond acceptors (Lipinski definition) is 7. The minimum absolute atomic E-state index is 0.0468. The van der Waals surface area contributed by atoms with Gasteiger partial charge in [-0.25, -0.2) is 9.59 Å². The predicted molar refractivity (Wildman–Crippen MR) is 139 cm³/mol. The molecule has 0 spiro atoms. The zero-order valence-corrected chi connectivity index (χ0v) is 22.9. The Morgan fingerprint density at radius 3 is 2.10 bits per heavy atom. The van der Waals surface area contributed by atoms with E-state index in [0.717, 1.165) is 0 Å². The number of alkyl halides is 3. The number of esters is 2. The van der Waals surface area contributed by atoms with Crippen molar-refractivity contribution in [3.8, 4) is 0 Å². The normalized spacial score (nSPS) is 27.0. The summed E-state index contributed by atoms with van der Waals surface area (Å²) in [6, 6.07) is 16.8. The first-order chi connectivity index (χ1) is 18.8. The van der Waals surface area contributed by atoms with Crippen molar-refractivity contribution in [1.82, 2.24) is 0 Å². The highest BCUT2D eigenvalue weighted by atomic mass is 32.2. The van der Waals surface area contributed by atoms with Crippen molar-refractivity contribution in [3.63, 3.8) is 0 Å². The van der Waals surface area contributed by atoms with Crippen LogP contribution in [0.5, 0.6) is 0 Å². The first kappa shape index (κ1) is 29.6. The molecule has 0 aromatic heterocycles. The second-order valence-corrected chi connectivity index (χ2v) is 12.1. The van der Waals surface area contributed by atoms with E-state index in [1.54, 1.807) is 67.6 Å². The number of carbonyl (C=O) groups excluding carboxylic acids is 2. The number of rotatable bonds is 7. The fourth-order valence-electron chi connectivity index (χ4n) is 5.83. The number of benzene rings is 2. The highest BCUT2D eigenvalue weighted by Gasteiger charge is 2.55. The molecule has 0 unspecified atom stereocenters. The Balaban J connectivity index is 1.60. The molecule has 0 radical (unpaired) electrons. The number of carbonyl (C=O) groups is 2. The first-order valence-corrected chi connectivity index (χ1v) is 14.4. The summed E-state index contributed by atoms with van der Waals surface area (Å²) in [6.07, 6.45) is 2.05. The molecular formula is C29H31F3O7S. The zero-order valence-electron chi connectivity index (χ0n) is 22.1. The van der Waals surface area contributed by atoms with Gasteiger partial charge in [-0.05, 0) is 73.8 Å². The quantitative estimate of drug-likeness (QED) is 0.216. The summed E-state index contributed by atoms with van der Waals surface area (Å²) < 4.78 is 79.7.